The number of benzene rings is 2. The van der Waals surface area contributed by atoms with E-state index in [2.05, 4.69) is 27.7 Å². The van der Waals surface area contributed by atoms with Gasteiger partial charge in [-0.2, -0.15) is 0 Å². The number of amides is 2. The van der Waals surface area contributed by atoms with Gasteiger partial charge in [0.05, 0.1) is 0 Å². The van der Waals surface area contributed by atoms with Gasteiger partial charge >= 0.3 is 0 Å². The third-order valence-electron chi connectivity index (χ3n) is 3.62. The molecule has 2 aromatic carbocycles. The van der Waals surface area contributed by atoms with Gasteiger partial charge < -0.3 is 15.5 Å². The molecule has 0 unspecified atom stereocenters. The summed E-state index contributed by atoms with van der Waals surface area (Å²) in [5, 5.41) is 5.59. The lowest BCUT2D eigenvalue weighted by molar-refractivity contribution is -0.114. The Morgan fingerprint density at radius 2 is 1.67 bits per heavy atom. The first kappa shape index (κ1) is 17.5. The molecule has 0 bridgehead atoms. The van der Waals surface area contributed by atoms with Crippen LogP contribution in [0.3, 0.4) is 0 Å². The van der Waals surface area contributed by atoms with Gasteiger partial charge in [0.1, 0.15) is 0 Å². The SMILES string of the molecule is CC(=O)Nc1ccc(C(=O)NCCCN(C)c2ccccc2)cc1. The summed E-state index contributed by atoms with van der Waals surface area (Å²) in [6.45, 7) is 2.93. The summed E-state index contributed by atoms with van der Waals surface area (Å²) in [7, 11) is 2.04. The molecule has 0 fully saturated rings. The van der Waals surface area contributed by atoms with Crippen LogP contribution in [-0.2, 0) is 4.79 Å². The maximum atomic E-state index is 12.1. The van der Waals surface area contributed by atoms with Crippen molar-refractivity contribution in [1.29, 1.82) is 0 Å². The van der Waals surface area contributed by atoms with E-state index in [1.165, 1.54) is 6.92 Å². The van der Waals surface area contributed by atoms with E-state index in [0.717, 1.165) is 18.7 Å². The normalized spacial score (nSPS) is 10.1. The standard InChI is InChI=1S/C19H23N3O2/c1-15(23)21-17-11-9-16(10-12-17)19(24)20-13-6-14-22(2)18-7-4-3-5-8-18/h3-5,7-12H,6,13-14H2,1-2H3,(H,20,24)(H,21,23). The van der Waals surface area contributed by atoms with Gasteiger partial charge in [-0.05, 0) is 42.8 Å². The average molecular weight is 325 g/mol. The number of carbonyl (C=O) groups is 2. The lowest BCUT2D eigenvalue weighted by Gasteiger charge is -2.19. The zero-order chi connectivity index (χ0) is 17.4. The van der Waals surface area contributed by atoms with Crippen LogP contribution in [0.25, 0.3) is 0 Å². The lowest BCUT2D eigenvalue weighted by atomic mass is 10.2. The third kappa shape index (κ3) is 5.43. The molecule has 5 nitrogen and oxygen atoms in total. The Bertz CT molecular complexity index is 669. The molecule has 0 radical (unpaired) electrons. The van der Waals surface area contributed by atoms with Crippen LogP contribution in [0.2, 0.25) is 0 Å². The van der Waals surface area contributed by atoms with E-state index >= 15 is 0 Å². The number of para-hydroxylation sites is 1. The van der Waals surface area contributed by atoms with Gasteiger partial charge in [0.25, 0.3) is 5.91 Å². The summed E-state index contributed by atoms with van der Waals surface area (Å²) in [6.07, 6.45) is 0.862. The molecule has 0 atom stereocenters. The number of rotatable bonds is 7. The molecule has 0 aliphatic heterocycles. The average Bonchev–Trinajstić information content (AvgIpc) is 2.59. The second kappa shape index (κ2) is 8.72. The van der Waals surface area contributed by atoms with E-state index in [1.54, 1.807) is 24.3 Å². The van der Waals surface area contributed by atoms with Crippen molar-refractivity contribution in [2.24, 2.45) is 0 Å². The number of carbonyl (C=O) groups excluding carboxylic acids is 2. The molecular formula is C19H23N3O2. The van der Waals surface area contributed by atoms with Gasteiger partial charge in [0.15, 0.2) is 0 Å². The minimum Gasteiger partial charge on any atom is -0.375 e. The largest absolute Gasteiger partial charge is 0.375 e. The van der Waals surface area contributed by atoms with Crippen LogP contribution in [0.1, 0.15) is 23.7 Å². The molecule has 0 aliphatic carbocycles. The van der Waals surface area contributed by atoms with Crippen molar-refractivity contribution in [3.63, 3.8) is 0 Å². The molecule has 2 aromatic rings. The highest BCUT2D eigenvalue weighted by Gasteiger charge is 2.06. The molecule has 0 spiro atoms. The topological polar surface area (TPSA) is 61.4 Å². The first-order valence-corrected chi connectivity index (χ1v) is 7.98. The molecule has 0 aliphatic rings. The summed E-state index contributed by atoms with van der Waals surface area (Å²) in [5.74, 6) is -0.235. The first-order valence-electron chi connectivity index (χ1n) is 7.98. The van der Waals surface area contributed by atoms with Gasteiger partial charge in [0, 0.05) is 44.0 Å². The minimum absolute atomic E-state index is 0.105. The van der Waals surface area contributed by atoms with E-state index in [9.17, 15) is 9.59 Å². The van der Waals surface area contributed by atoms with Crippen molar-refractivity contribution in [2.75, 3.05) is 30.4 Å². The van der Waals surface area contributed by atoms with Crippen LogP contribution < -0.4 is 15.5 Å². The second-order valence-electron chi connectivity index (χ2n) is 5.63. The lowest BCUT2D eigenvalue weighted by Crippen LogP contribution is -2.28. The van der Waals surface area contributed by atoms with E-state index in [1.807, 2.05) is 25.2 Å². The number of hydrogen-bond acceptors (Lipinski definition) is 3. The van der Waals surface area contributed by atoms with Crippen molar-refractivity contribution < 1.29 is 9.59 Å². The van der Waals surface area contributed by atoms with Crippen molar-refractivity contribution in [3.8, 4) is 0 Å². The van der Waals surface area contributed by atoms with Gasteiger partial charge in [-0.1, -0.05) is 18.2 Å². The van der Waals surface area contributed by atoms with Crippen molar-refractivity contribution in [1.82, 2.24) is 5.32 Å². The van der Waals surface area contributed by atoms with E-state index in [0.29, 0.717) is 17.8 Å². The molecule has 24 heavy (non-hydrogen) atoms. The molecule has 5 heteroatoms. The summed E-state index contributed by atoms with van der Waals surface area (Å²) in [6, 6.07) is 17.0. The second-order valence-corrected chi connectivity index (χ2v) is 5.63. The molecular weight excluding hydrogens is 302 g/mol. The fraction of sp³-hybridized carbons (Fsp3) is 0.263. The Labute approximate surface area is 142 Å². The zero-order valence-corrected chi connectivity index (χ0v) is 14.1. The number of hydrogen-bond donors (Lipinski definition) is 2. The Morgan fingerprint density at radius 1 is 1.00 bits per heavy atom. The van der Waals surface area contributed by atoms with Crippen LogP contribution in [0, 0.1) is 0 Å². The van der Waals surface area contributed by atoms with Gasteiger partial charge in [0.2, 0.25) is 5.91 Å². The molecule has 0 saturated carbocycles. The fourth-order valence-electron chi connectivity index (χ4n) is 2.34. The van der Waals surface area contributed by atoms with Crippen LogP contribution >= 0.6 is 0 Å². The Morgan fingerprint density at radius 3 is 2.29 bits per heavy atom. The van der Waals surface area contributed by atoms with Gasteiger partial charge in [-0.15, -0.1) is 0 Å². The van der Waals surface area contributed by atoms with E-state index < -0.39 is 0 Å². The quantitative estimate of drug-likeness (QED) is 0.770. The van der Waals surface area contributed by atoms with Crippen LogP contribution in [0.5, 0.6) is 0 Å². The predicted molar refractivity (Wildman–Crippen MR) is 97.4 cm³/mol. The molecule has 0 heterocycles. The van der Waals surface area contributed by atoms with Crippen molar-refractivity contribution >= 4 is 23.2 Å². The Hall–Kier alpha value is -2.82. The maximum absolute atomic E-state index is 12.1. The van der Waals surface area contributed by atoms with Crippen molar-refractivity contribution in [2.45, 2.75) is 13.3 Å². The van der Waals surface area contributed by atoms with Crippen LogP contribution in [-0.4, -0.2) is 32.0 Å². The summed E-state index contributed by atoms with van der Waals surface area (Å²) in [4.78, 5) is 25.2. The van der Waals surface area contributed by atoms with Crippen LogP contribution in [0.4, 0.5) is 11.4 Å². The third-order valence-corrected chi connectivity index (χ3v) is 3.62. The predicted octanol–water partition coefficient (Wildman–Crippen LogP) is 2.90. The number of nitrogens with one attached hydrogen (secondary N) is 2. The monoisotopic (exact) mass is 325 g/mol. The summed E-state index contributed by atoms with van der Waals surface area (Å²) >= 11 is 0. The van der Waals surface area contributed by atoms with E-state index in [-0.39, 0.29) is 11.8 Å². The summed E-state index contributed by atoms with van der Waals surface area (Å²) in [5.41, 5.74) is 2.43. The highest BCUT2D eigenvalue weighted by atomic mass is 16.2. The molecule has 2 N–H and O–H groups in total. The Balaban J connectivity index is 1.74. The molecule has 2 rings (SSSR count). The molecule has 126 valence electrons. The van der Waals surface area contributed by atoms with Crippen LogP contribution in [0.15, 0.2) is 54.6 Å². The number of nitrogens with zero attached hydrogens (tertiary/aromatic N) is 1. The zero-order valence-electron chi connectivity index (χ0n) is 14.1. The van der Waals surface area contributed by atoms with E-state index in [4.69, 9.17) is 0 Å². The fourth-order valence-corrected chi connectivity index (χ4v) is 2.34. The number of anilines is 2. The first-order chi connectivity index (χ1) is 11.6. The minimum atomic E-state index is -0.130. The maximum Gasteiger partial charge on any atom is 0.251 e. The van der Waals surface area contributed by atoms with Gasteiger partial charge in [-0.3, -0.25) is 9.59 Å². The Kier molecular flexibility index (Phi) is 6.37. The van der Waals surface area contributed by atoms with Crippen molar-refractivity contribution in [3.05, 3.63) is 60.2 Å². The molecule has 2 amide bonds. The summed E-state index contributed by atoms with van der Waals surface area (Å²) < 4.78 is 0. The smallest absolute Gasteiger partial charge is 0.251 e. The highest BCUT2D eigenvalue weighted by molar-refractivity contribution is 5.95. The van der Waals surface area contributed by atoms with Gasteiger partial charge in [-0.25, -0.2) is 0 Å². The molecule has 0 saturated heterocycles. The highest BCUT2D eigenvalue weighted by Crippen LogP contribution is 2.11. The molecule has 0 aromatic heterocycles.